The van der Waals surface area contributed by atoms with Crippen LogP contribution in [0.4, 0.5) is 10.5 Å². The molecule has 0 aliphatic carbocycles. The summed E-state index contributed by atoms with van der Waals surface area (Å²) in [6, 6.07) is 4.71. The molecule has 2 amide bonds. The highest BCUT2D eigenvalue weighted by atomic mass is 35.5. The molecule has 0 radical (unpaired) electrons. The van der Waals surface area contributed by atoms with Gasteiger partial charge in [0.25, 0.3) is 5.56 Å². The van der Waals surface area contributed by atoms with Gasteiger partial charge in [-0.05, 0) is 31.5 Å². The number of benzene rings is 1. The lowest BCUT2D eigenvalue weighted by molar-refractivity contribution is 0.205. The topological polar surface area (TPSA) is 87.3 Å². The summed E-state index contributed by atoms with van der Waals surface area (Å²) in [7, 11) is 1.52. The highest BCUT2D eigenvalue weighted by Crippen LogP contribution is 2.28. The van der Waals surface area contributed by atoms with E-state index in [2.05, 4.69) is 15.3 Å². The minimum Gasteiger partial charge on any atom is -0.495 e. The van der Waals surface area contributed by atoms with Gasteiger partial charge < -0.3 is 19.9 Å². The number of ether oxygens (including phenoxy) is 1. The van der Waals surface area contributed by atoms with Crippen molar-refractivity contribution < 1.29 is 9.53 Å². The number of amides is 2. The van der Waals surface area contributed by atoms with Gasteiger partial charge in [-0.2, -0.15) is 0 Å². The van der Waals surface area contributed by atoms with E-state index in [1.54, 1.807) is 30.0 Å². The fraction of sp³-hybridized carbons (Fsp3) is 0.312. The Balaban J connectivity index is 1.80. The number of hydrogen-bond donors (Lipinski definition) is 2. The van der Waals surface area contributed by atoms with E-state index < -0.39 is 0 Å². The minimum absolute atomic E-state index is 0.130. The number of H-pyrrole nitrogens is 1. The zero-order valence-corrected chi connectivity index (χ0v) is 14.1. The number of halogens is 1. The van der Waals surface area contributed by atoms with E-state index in [1.807, 2.05) is 0 Å². The third kappa shape index (κ3) is 3.21. The van der Waals surface area contributed by atoms with Gasteiger partial charge in [0.2, 0.25) is 0 Å². The van der Waals surface area contributed by atoms with Crippen LogP contribution in [0.2, 0.25) is 5.02 Å². The van der Waals surface area contributed by atoms with Gasteiger partial charge in [0.1, 0.15) is 11.6 Å². The summed E-state index contributed by atoms with van der Waals surface area (Å²) >= 11 is 5.98. The molecule has 1 aromatic carbocycles. The molecule has 7 nitrogen and oxygen atoms in total. The standard InChI is InChI=1S/C16H17ClN4O3/c1-9-18-13-8-21(6-5-11(13)15(22)19-9)16(23)20-12-7-10(17)3-4-14(12)24-2/h3-4,7H,5-6,8H2,1-2H3,(H,20,23)(H,18,19,22). The van der Waals surface area contributed by atoms with Crippen molar-refractivity contribution in [1.29, 1.82) is 0 Å². The number of aromatic amines is 1. The highest BCUT2D eigenvalue weighted by molar-refractivity contribution is 6.31. The second-order valence-electron chi connectivity index (χ2n) is 5.52. The summed E-state index contributed by atoms with van der Waals surface area (Å²) in [5, 5.41) is 3.29. The van der Waals surface area contributed by atoms with Crippen molar-refractivity contribution in [3.63, 3.8) is 0 Å². The number of carbonyl (C=O) groups excluding carboxylic acids is 1. The first-order valence-corrected chi connectivity index (χ1v) is 7.84. The van der Waals surface area contributed by atoms with Crippen LogP contribution in [0.25, 0.3) is 0 Å². The molecule has 1 aliphatic heterocycles. The molecule has 8 heteroatoms. The van der Waals surface area contributed by atoms with Crippen LogP contribution < -0.4 is 15.6 Å². The lowest BCUT2D eigenvalue weighted by atomic mass is 10.1. The molecule has 0 unspecified atom stereocenters. The van der Waals surface area contributed by atoms with Crippen LogP contribution in [0, 0.1) is 6.92 Å². The smallest absolute Gasteiger partial charge is 0.322 e. The van der Waals surface area contributed by atoms with Gasteiger partial charge in [0.15, 0.2) is 0 Å². The third-order valence-corrected chi connectivity index (χ3v) is 4.12. The van der Waals surface area contributed by atoms with Gasteiger partial charge in [-0.25, -0.2) is 9.78 Å². The maximum atomic E-state index is 12.5. The molecule has 3 rings (SSSR count). The van der Waals surface area contributed by atoms with Crippen LogP contribution in [-0.4, -0.2) is 34.6 Å². The number of urea groups is 1. The Morgan fingerprint density at radius 1 is 1.46 bits per heavy atom. The molecule has 1 aliphatic rings. The fourth-order valence-corrected chi connectivity index (χ4v) is 2.88. The number of aromatic nitrogens is 2. The van der Waals surface area contributed by atoms with Gasteiger partial charge in [-0.1, -0.05) is 11.6 Å². The van der Waals surface area contributed by atoms with E-state index in [0.29, 0.717) is 46.5 Å². The van der Waals surface area contributed by atoms with Crippen LogP contribution in [-0.2, 0) is 13.0 Å². The molecule has 0 spiro atoms. The summed E-state index contributed by atoms with van der Waals surface area (Å²) in [4.78, 5) is 33.1. The number of nitrogens with zero attached hydrogens (tertiary/aromatic N) is 2. The number of rotatable bonds is 2. The van der Waals surface area contributed by atoms with E-state index >= 15 is 0 Å². The lowest BCUT2D eigenvalue weighted by Gasteiger charge is -2.28. The number of carbonyl (C=O) groups is 1. The Morgan fingerprint density at radius 2 is 2.25 bits per heavy atom. The number of fused-ring (bicyclic) bond motifs is 1. The van der Waals surface area contributed by atoms with Crippen LogP contribution in [0.3, 0.4) is 0 Å². The van der Waals surface area contributed by atoms with Crippen LogP contribution in [0.15, 0.2) is 23.0 Å². The Bertz CT molecular complexity index is 850. The van der Waals surface area contributed by atoms with Gasteiger partial charge in [0, 0.05) is 17.1 Å². The predicted octanol–water partition coefficient (Wildman–Crippen LogP) is 2.33. The molecule has 2 aromatic rings. The van der Waals surface area contributed by atoms with Crippen molar-refractivity contribution in [2.75, 3.05) is 19.0 Å². The Labute approximate surface area is 143 Å². The summed E-state index contributed by atoms with van der Waals surface area (Å²) in [6.07, 6.45) is 0.470. The van der Waals surface area contributed by atoms with E-state index in [4.69, 9.17) is 16.3 Å². The fourth-order valence-electron chi connectivity index (χ4n) is 2.71. The molecule has 0 saturated carbocycles. The first-order valence-electron chi connectivity index (χ1n) is 7.46. The summed E-state index contributed by atoms with van der Waals surface area (Å²) in [5.41, 5.74) is 1.64. The normalized spacial score (nSPS) is 13.4. The summed E-state index contributed by atoms with van der Waals surface area (Å²) < 4.78 is 5.23. The minimum atomic E-state index is -0.291. The van der Waals surface area contributed by atoms with Gasteiger partial charge in [-0.15, -0.1) is 0 Å². The molecule has 0 saturated heterocycles. The van der Waals surface area contributed by atoms with E-state index in [-0.39, 0.29) is 18.1 Å². The van der Waals surface area contributed by atoms with E-state index in [9.17, 15) is 9.59 Å². The van der Waals surface area contributed by atoms with Crippen LogP contribution >= 0.6 is 11.6 Å². The molecule has 2 heterocycles. The number of hydrogen-bond acceptors (Lipinski definition) is 4. The molecular formula is C16H17ClN4O3. The highest BCUT2D eigenvalue weighted by Gasteiger charge is 2.24. The third-order valence-electron chi connectivity index (χ3n) is 3.88. The molecule has 0 fully saturated rings. The SMILES string of the molecule is COc1ccc(Cl)cc1NC(=O)N1CCc2c(nc(C)[nH]c2=O)C1. The zero-order chi connectivity index (χ0) is 17.3. The molecule has 1 aromatic heterocycles. The van der Waals surface area contributed by atoms with Crippen LogP contribution in [0.5, 0.6) is 5.75 Å². The second-order valence-corrected chi connectivity index (χ2v) is 5.96. The van der Waals surface area contributed by atoms with Crippen LogP contribution in [0.1, 0.15) is 17.1 Å². The zero-order valence-electron chi connectivity index (χ0n) is 13.4. The molecule has 126 valence electrons. The molecule has 2 N–H and O–H groups in total. The molecule has 0 atom stereocenters. The van der Waals surface area contributed by atoms with Gasteiger partial charge in [-0.3, -0.25) is 4.79 Å². The average molecular weight is 349 g/mol. The largest absolute Gasteiger partial charge is 0.495 e. The average Bonchev–Trinajstić information content (AvgIpc) is 2.54. The lowest BCUT2D eigenvalue weighted by Crippen LogP contribution is -2.41. The van der Waals surface area contributed by atoms with Crippen molar-refractivity contribution in [3.05, 3.63) is 50.7 Å². The summed E-state index contributed by atoms with van der Waals surface area (Å²) in [5.74, 6) is 1.06. The Hall–Kier alpha value is -2.54. The Morgan fingerprint density at radius 3 is 3.00 bits per heavy atom. The van der Waals surface area contributed by atoms with Crippen molar-refractivity contribution in [3.8, 4) is 5.75 Å². The molecular weight excluding hydrogens is 332 g/mol. The van der Waals surface area contributed by atoms with Crippen molar-refractivity contribution >= 4 is 23.3 Å². The molecule has 0 bridgehead atoms. The monoisotopic (exact) mass is 348 g/mol. The number of anilines is 1. The quantitative estimate of drug-likeness (QED) is 0.872. The first kappa shape index (κ1) is 16.3. The van der Waals surface area contributed by atoms with Crippen molar-refractivity contribution in [2.24, 2.45) is 0 Å². The molecule has 24 heavy (non-hydrogen) atoms. The number of nitrogens with one attached hydrogen (secondary N) is 2. The predicted molar refractivity (Wildman–Crippen MR) is 90.7 cm³/mol. The maximum Gasteiger partial charge on any atom is 0.322 e. The van der Waals surface area contributed by atoms with Crippen molar-refractivity contribution in [2.45, 2.75) is 19.9 Å². The van der Waals surface area contributed by atoms with Crippen molar-refractivity contribution in [1.82, 2.24) is 14.9 Å². The number of aryl methyl sites for hydroxylation is 1. The van der Waals surface area contributed by atoms with E-state index in [1.165, 1.54) is 7.11 Å². The van der Waals surface area contributed by atoms with Gasteiger partial charge >= 0.3 is 6.03 Å². The Kier molecular flexibility index (Phi) is 4.44. The summed E-state index contributed by atoms with van der Waals surface area (Å²) in [6.45, 7) is 2.45. The van der Waals surface area contributed by atoms with Gasteiger partial charge in [0.05, 0.1) is 25.0 Å². The number of methoxy groups -OCH3 is 1. The van der Waals surface area contributed by atoms with E-state index in [0.717, 1.165) is 0 Å². The first-order chi connectivity index (χ1) is 11.5. The maximum absolute atomic E-state index is 12.5. The second kappa shape index (κ2) is 6.52.